The minimum Gasteiger partial charge on any atom is -0.426 e. The van der Waals surface area contributed by atoms with Crippen molar-refractivity contribution in [1.82, 2.24) is 0 Å². The Hall–Kier alpha value is -2.87. The maximum atomic E-state index is 13.1. The minimum absolute atomic E-state index is 0.0409. The topological polar surface area (TPSA) is 26.3 Å². The third-order valence-corrected chi connectivity index (χ3v) is 8.93. The molecule has 1 saturated carbocycles. The zero-order valence-corrected chi connectivity index (χ0v) is 25.0. The summed E-state index contributed by atoms with van der Waals surface area (Å²) in [6, 6.07) is 27.8. The lowest BCUT2D eigenvalue weighted by atomic mass is 9.77. The number of aryl methyl sites for hydroxylation is 1. The first-order valence-electron chi connectivity index (χ1n) is 16.1. The first-order chi connectivity index (χ1) is 19.7. The molecule has 3 aromatic rings. The van der Waals surface area contributed by atoms with Crippen molar-refractivity contribution in [2.75, 3.05) is 0 Å². The Morgan fingerprint density at radius 2 is 1.43 bits per heavy atom. The molecule has 1 aliphatic rings. The minimum atomic E-state index is -0.0717. The molecule has 0 radical (unpaired) electrons. The molecule has 0 aliphatic heterocycles. The Bertz CT molecular complexity index is 1110. The van der Waals surface area contributed by atoms with Crippen LogP contribution in [-0.2, 0) is 11.2 Å². The van der Waals surface area contributed by atoms with Gasteiger partial charge in [-0.3, -0.25) is 4.79 Å². The van der Waals surface area contributed by atoms with Crippen molar-refractivity contribution >= 4 is 5.97 Å². The Balaban J connectivity index is 1.21. The highest BCUT2D eigenvalue weighted by atomic mass is 16.5. The smallest absolute Gasteiger partial charge is 0.314 e. The van der Waals surface area contributed by atoms with E-state index in [0.717, 1.165) is 38.0 Å². The highest BCUT2D eigenvalue weighted by Gasteiger charge is 2.23. The third kappa shape index (κ3) is 9.36. The molecule has 0 spiro atoms. The summed E-state index contributed by atoms with van der Waals surface area (Å²) >= 11 is 0. The number of hydrogen-bond acceptors (Lipinski definition) is 2. The molecule has 0 heterocycles. The van der Waals surface area contributed by atoms with Crippen molar-refractivity contribution in [2.45, 2.75) is 110 Å². The van der Waals surface area contributed by atoms with Crippen LogP contribution in [0.25, 0.3) is 11.1 Å². The van der Waals surface area contributed by atoms with E-state index < -0.39 is 0 Å². The fraction of sp³-hybridized carbons (Fsp3) is 0.500. The van der Waals surface area contributed by atoms with Crippen LogP contribution in [0.3, 0.4) is 0 Å². The Morgan fingerprint density at radius 3 is 2.10 bits per heavy atom. The predicted octanol–water partition coefficient (Wildman–Crippen LogP) is 10.9. The number of hydrogen-bond donors (Lipinski definition) is 0. The molecule has 0 amide bonds. The molecule has 2 nitrogen and oxygen atoms in total. The molecule has 40 heavy (non-hydrogen) atoms. The van der Waals surface area contributed by atoms with Gasteiger partial charge in [-0.05, 0) is 97.6 Å². The van der Waals surface area contributed by atoms with Gasteiger partial charge >= 0.3 is 5.97 Å². The van der Waals surface area contributed by atoms with Crippen LogP contribution in [0.4, 0.5) is 0 Å². The van der Waals surface area contributed by atoms with Crippen LogP contribution in [0.1, 0.15) is 114 Å². The van der Waals surface area contributed by atoms with Crippen LogP contribution in [-0.4, -0.2) is 5.97 Å². The summed E-state index contributed by atoms with van der Waals surface area (Å²) in [6.07, 6.45) is 17.0. The number of carbonyl (C=O) groups is 1. The summed E-state index contributed by atoms with van der Waals surface area (Å²) < 4.78 is 5.88. The number of ether oxygens (including phenoxy) is 1. The lowest BCUT2D eigenvalue weighted by molar-refractivity contribution is -0.139. The van der Waals surface area contributed by atoms with E-state index in [0.29, 0.717) is 11.7 Å². The quantitative estimate of drug-likeness (QED) is 0.109. The van der Waals surface area contributed by atoms with E-state index in [2.05, 4.69) is 74.5 Å². The van der Waals surface area contributed by atoms with E-state index in [1.165, 1.54) is 80.0 Å². The van der Waals surface area contributed by atoms with Crippen molar-refractivity contribution in [3.05, 3.63) is 90.0 Å². The molecule has 4 rings (SSSR count). The molecule has 3 aromatic carbocycles. The molecule has 0 aromatic heterocycles. The van der Waals surface area contributed by atoms with Crippen molar-refractivity contribution < 1.29 is 9.53 Å². The van der Waals surface area contributed by atoms with E-state index >= 15 is 0 Å². The summed E-state index contributed by atoms with van der Waals surface area (Å²) in [7, 11) is 0. The van der Waals surface area contributed by atoms with Crippen molar-refractivity contribution in [3.8, 4) is 16.9 Å². The van der Waals surface area contributed by atoms with Crippen LogP contribution >= 0.6 is 0 Å². The van der Waals surface area contributed by atoms with Gasteiger partial charge in [-0.2, -0.15) is 0 Å². The van der Waals surface area contributed by atoms with Gasteiger partial charge < -0.3 is 4.74 Å². The number of unbranched alkanes of at least 4 members (excludes halogenated alkanes) is 3. The van der Waals surface area contributed by atoms with Gasteiger partial charge in [0.15, 0.2) is 0 Å². The zero-order valence-electron chi connectivity index (χ0n) is 25.0. The van der Waals surface area contributed by atoms with Gasteiger partial charge in [-0.25, -0.2) is 0 Å². The summed E-state index contributed by atoms with van der Waals surface area (Å²) in [5.41, 5.74) is 5.22. The fourth-order valence-corrected chi connectivity index (χ4v) is 6.43. The van der Waals surface area contributed by atoms with E-state index in [-0.39, 0.29) is 11.9 Å². The summed E-state index contributed by atoms with van der Waals surface area (Å²) in [5.74, 6) is 2.16. The average molecular weight is 539 g/mol. The first kappa shape index (κ1) is 30.1. The summed E-state index contributed by atoms with van der Waals surface area (Å²) in [5, 5.41) is 0. The van der Waals surface area contributed by atoms with Gasteiger partial charge in [0.2, 0.25) is 0 Å². The molecule has 1 atom stereocenters. The van der Waals surface area contributed by atoms with Gasteiger partial charge in [0.1, 0.15) is 5.75 Å². The molecule has 2 heteroatoms. The number of esters is 1. The van der Waals surface area contributed by atoms with Crippen molar-refractivity contribution in [1.29, 1.82) is 0 Å². The van der Waals surface area contributed by atoms with E-state index in [1.54, 1.807) is 0 Å². The van der Waals surface area contributed by atoms with Crippen molar-refractivity contribution in [3.63, 3.8) is 0 Å². The normalized spacial score (nSPS) is 17.9. The lowest BCUT2D eigenvalue weighted by Crippen LogP contribution is -2.21. The van der Waals surface area contributed by atoms with Gasteiger partial charge in [0, 0.05) is 0 Å². The molecule has 0 N–H and O–H groups in total. The van der Waals surface area contributed by atoms with Crippen LogP contribution in [0, 0.1) is 11.8 Å². The molecular formula is C38H50O2. The highest BCUT2D eigenvalue weighted by Crippen LogP contribution is 2.38. The summed E-state index contributed by atoms with van der Waals surface area (Å²) in [4.78, 5) is 13.1. The van der Waals surface area contributed by atoms with Gasteiger partial charge in [0.05, 0.1) is 5.92 Å². The summed E-state index contributed by atoms with van der Waals surface area (Å²) in [6.45, 7) is 4.44. The van der Waals surface area contributed by atoms with Crippen LogP contribution < -0.4 is 4.74 Å². The van der Waals surface area contributed by atoms with Crippen LogP contribution in [0.15, 0.2) is 78.9 Å². The average Bonchev–Trinajstić information content (AvgIpc) is 3.00. The van der Waals surface area contributed by atoms with E-state index in [9.17, 15) is 4.79 Å². The lowest BCUT2D eigenvalue weighted by Gasteiger charge is -2.29. The maximum Gasteiger partial charge on any atom is 0.314 e. The Labute approximate surface area is 243 Å². The maximum absolute atomic E-state index is 13.1. The zero-order chi connectivity index (χ0) is 28.0. The molecule has 1 unspecified atom stereocenters. The van der Waals surface area contributed by atoms with Crippen molar-refractivity contribution in [2.24, 2.45) is 11.8 Å². The SMILES string of the molecule is CCCCCCC1CCC(c2ccc(OC(=O)C(CCC)CCCc3ccc(-c4ccccc4)cc3)cc2)CC1. The van der Waals surface area contributed by atoms with Gasteiger partial charge in [-0.1, -0.05) is 119 Å². The molecule has 0 bridgehead atoms. The second-order valence-corrected chi connectivity index (χ2v) is 12.0. The van der Waals surface area contributed by atoms with E-state index in [1.807, 2.05) is 18.2 Å². The van der Waals surface area contributed by atoms with Gasteiger partial charge in [0.25, 0.3) is 0 Å². The molecule has 1 aliphatic carbocycles. The monoisotopic (exact) mass is 538 g/mol. The fourth-order valence-electron chi connectivity index (χ4n) is 6.43. The Kier molecular flexibility index (Phi) is 12.3. The number of rotatable bonds is 15. The third-order valence-electron chi connectivity index (χ3n) is 8.93. The van der Waals surface area contributed by atoms with E-state index in [4.69, 9.17) is 4.74 Å². The molecule has 214 valence electrons. The number of carbonyl (C=O) groups excluding carboxylic acids is 1. The van der Waals surface area contributed by atoms with Gasteiger partial charge in [-0.15, -0.1) is 0 Å². The first-order valence-corrected chi connectivity index (χ1v) is 16.1. The molecule has 0 saturated heterocycles. The highest BCUT2D eigenvalue weighted by molar-refractivity contribution is 5.75. The molecular weight excluding hydrogens is 488 g/mol. The molecule has 1 fully saturated rings. The largest absolute Gasteiger partial charge is 0.426 e. The number of benzene rings is 3. The van der Waals surface area contributed by atoms with Crippen LogP contribution in [0.5, 0.6) is 5.75 Å². The second-order valence-electron chi connectivity index (χ2n) is 12.0. The predicted molar refractivity (Wildman–Crippen MR) is 169 cm³/mol. The standard InChI is InChI=1S/C38H50O2/c1-3-5-6-8-13-30-18-24-34(25-19-30)35-26-28-37(29-27-35)40-38(39)36(12-4-2)17-11-14-31-20-22-33(23-21-31)32-15-9-7-10-16-32/h7,9-10,15-16,20-23,26-30,34,36H,3-6,8,11-14,17-19,24-25H2,1-2H3. The van der Waals surface area contributed by atoms with Crippen LogP contribution in [0.2, 0.25) is 0 Å². The Morgan fingerprint density at radius 1 is 0.725 bits per heavy atom. The second kappa shape index (κ2) is 16.4.